The van der Waals surface area contributed by atoms with Crippen molar-refractivity contribution in [3.8, 4) is 5.88 Å². The molecule has 158 valence electrons. The number of pyridine rings is 1. The van der Waals surface area contributed by atoms with Crippen LogP contribution >= 0.6 is 15.9 Å². The van der Waals surface area contributed by atoms with Crippen LogP contribution in [0.3, 0.4) is 0 Å². The van der Waals surface area contributed by atoms with E-state index in [9.17, 15) is 9.59 Å². The van der Waals surface area contributed by atoms with Gasteiger partial charge in [-0.15, -0.1) is 0 Å². The number of anilines is 1. The Morgan fingerprint density at radius 1 is 1.16 bits per heavy atom. The van der Waals surface area contributed by atoms with Crippen LogP contribution in [0, 0.1) is 0 Å². The van der Waals surface area contributed by atoms with Gasteiger partial charge in [0.1, 0.15) is 5.56 Å². The van der Waals surface area contributed by atoms with Crippen LogP contribution in [0.2, 0.25) is 0 Å². The molecule has 4 aromatic rings. The summed E-state index contributed by atoms with van der Waals surface area (Å²) in [4.78, 5) is 29.9. The van der Waals surface area contributed by atoms with Crippen molar-refractivity contribution in [1.29, 1.82) is 0 Å². The molecule has 1 N–H and O–H groups in total. The zero-order chi connectivity index (χ0) is 22.1. The average Bonchev–Trinajstić information content (AvgIpc) is 3.12. The average molecular weight is 483 g/mol. The van der Waals surface area contributed by atoms with Crippen molar-refractivity contribution < 1.29 is 19.1 Å². The first-order chi connectivity index (χ1) is 14.9. The summed E-state index contributed by atoms with van der Waals surface area (Å²) in [5, 5.41) is 8.65. The van der Waals surface area contributed by atoms with Crippen molar-refractivity contribution in [2.45, 2.75) is 6.92 Å². The lowest BCUT2D eigenvalue weighted by Gasteiger charge is -2.13. The molecule has 0 bridgehead atoms. The van der Waals surface area contributed by atoms with Crippen LogP contribution in [0.1, 0.15) is 27.6 Å². The first-order valence-corrected chi connectivity index (χ1v) is 10.3. The topological polar surface area (TPSA) is 95.3 Å². The number of fused-ring (bicyclic) bond motifs is 2. The van der Waals surface area contributed by atoms with Crippen molar-refractivity contribution in [3.63, 3.8) is 0 Å². The van der Waals surface area contributed by atoms with Crippen LogP contribution in [0.25, 0.3) is 21.8 Å². The summed E-state index contributed by atoms with van der Waals surface area (Å²) in [6.45, 7) is 1.95. The van der Waals surface area contributed by atoms with Crippen LogP contribution < -0.4 is 10.1 Å². The lowest BCUT2D eigenvalue weighted by Crippen LogP contribution is -2.14. The summed E-state index contributed by atoms with van der Waals surface area (Å²) < 4.78 is 12.7. The molecular formula is C22H19BrN4O4. The highest BCUT2D eigenvalue weighted by atomic mass is 79.9. The van der Waals surface area contributed by atoms with E-state index in [1.807, 2.05) is 25.2 Å². The van der Waals surface area contributed by atoms with Crippen molar-refractivity contribution in [1.82, 2.24) is 14.8 Å². The van der Waals surface area contributed by atoms with Gasteiger partial charge in [0.15, 0.2) is 0 Å². The molecule has 31 heavy (non-hydrogen) atoms. The zero-order valence-corrected chi connectivity index (χ0v) is 18.7. The van der Waals surface area contributed by atoms with Crippen molar-refractivity contribution >= 4 is 55.3 Å². The fraction of sp³-hybridized carbons (Fsp3) is 0.182. The fourth-order valence-corrected chi connectivity index (χ4v) is 3.86. The van der Waals surface area contributed by atoms with Gasteiger partial charge >= 0.3 is 5.97 Å². The molecule has 0 radical (unpaired) electrons. The van der Waals surface area contributed by atoms with Gasteiger partial charge in [0.05, 0.1) is 36.5 Å². The Labute approximate surface area is 186 Å². The Balaban J connectivity index is 1.76. The number of benzene rings is 2. The van der Waals surface area contributed by atoms with Gasteiger partial charge in [0.2, 0.25) is 5.88 Å². The SMILES string of the molecule is CCOC(=O)c1cc2ccc(Br)c(C(=O)Nc3ccc4c(cnn4C)c3)c2nc1OC. The first-order valence-electron chi connectivity index (χ1n) is 9.50. The molecule has 2 aromatic heterocycles. The lowest BCUT2D eigenvalue weighted by molar-refractivity contribution is 0.0522. The quantitative estimate of drug-likeness (QED) is 0.425. The molecule has 0 saturated heterocycles. The second-order valence-corrected chi connectivity index (χ2v) is 7.61. The highest BCUT2D eigenvalue weighted by molar-refractivity contribution is 9.10. The molecule has 0 aliphatic heterocycles. The number of ether oxygens (including phenoxy) is 2. The van der Waals surface area contributed by atoms with E-state index in [-0.39, 0.29) is 24.0 Å². The number of rotatable bonds is 5. The minimum atomic E-state index is -0.535. The summed E-state index contributed by atoms with van der Waals surface area (Å²) in [6.07, 6.45) is 1.74. The Kier molecular flexibility index (Phi) is 5.60. The van der Waals surface area contributed by atoms with Gasteiger partial charge in [-0.2, -0.15) is 5.10 Å². The van der Waals surface area contributed by atoms with Crippen molar-refractivity contribution in [2.75, 3.05) is 19.0 Å². The molecule has 2 heterocycles. The number of nitrogens with one attached hydrogen (secondary N) is 1. The number of aromatic nitrogens is 3. The number of carbonyl (C=O) groups is 2. The number of carbonyl (C=O) groups excluding carboxylic acids is 2. The molecule has 1 amide bonds. The first kappa shape index (κ1) is 20.8. The number of aryl methyl sites for hydroxylation is 1. The maximum atomic E-state index is 13.2. The Hall–Kier alpha value is -3.46. The summed E-state index contributed by atoms with van der Waals surface area (Å²) in [5.41, 5.74) is 2.52. The van der Waals surface area contributed by atoms with E-state index in [0.29, 0.717) is 26.6 Å². The van der Waals surface area contributed by atoms with Crippen LogP contribution in [-0.2, 0) is 11.8 Å². The number of amides is 1. The van der Waals surface area contributed by atoms with Gasteiger partial charge in [-0.1, -0.05) is 6.07 Å². The number of hydrogen-bond donors (Lipinski definition) is 1. The van der Waals surface area contributed by atoms with Crippen LogP contribution in [0.5, 0.6) is 5.88 Å². The van der Waals surface area contributed by atoms with E-state index in [4.69, 9.17) is 9.47 Å². The third-order valence-corrected chi connectivity index (χ3v) is 5.48. The molecule has 0 atom stereocenters. The molecular weight excluding hydrogens is 464 g/mol. The second-order valence-electron chi connectivity index (χ2n) is 6.76. The molecule has 0 unspecified atom stereocenters. The fourth-order valence-electron chi connectivity index (χ4n) is 3.36. The largest absolute Gasteiger partial charge is 0.480 e. The van der Waals surface area contributed by atoms with Gasteiger partial charge in [-0.25, -0.2) is 9.78 Å². The molecule has 0 aliphatic carbocycles. The van der Waals surface area contributed by atoms with E-state index < -0.39 is 5.97 Å². The van der Waals surface area contributed by atoms with Crippen molar-refractivity contribution in [3.05, 3.63) is 58.2 Å². The van der Waals surface area contributed by atoms with Crippen LogP contribution in [-0.4, -0.2) is 40.4 Å². The molecule has 9 heteroatoms. The molecule has 8 nitrogen and oxygen atoms in total. The third kappa shape index (κ3) is 3.84. The van der Waals surface area contributed by atoms with E-state index in [2.05, 4.69) is 31.3 Å². The van der Waals surface area contributed by atoms with Gasteiger partial charge in [0.25, 0.3) is 5.91 Å². The van der Waals surface area contributed by atoms with E-state index in [0.717, 1.165) is 10.9 Å². The maximum absolute atomic E-state index is 13.2. The monoisotopic (exact) mass is 482 g/mol. The number of hydrogen-bond acceptors (Lipinski definition) is 6. The molecule has 0 aliphatic rings. The maximum Gasteiger partial charge on any atom is 0.343 e. The highest BCUT2D eigenvalue weighted by Gasteiger charge is 2.21. The predicted octanol–water partition coefficient (Wildman–Crippen LogP) is 4.32. The van der Waals surface area contributed by atoms with Crippen LogP contribution in [0.15, 0.2) is 47.1 Å². The number of nitrogens with zero attached hydrogens (tertiary/aromatic N) is 3. The smallest absolute Gasteiger partial charge is 0.343 e. The standard InChI is InChI=1S/C22H19BrN4O4/c1-4-31-22(29)15-10-12-5-7-16(23)18(19(12)26-21(15)30-3)20(28)25-14-6-8-17-13(9-14)11-24-27(17)2/h5-11H,4H2,1-3H3,(H,25,28). The zero-order valence-electron chi connectivity index (χ0n) is 17.1. The predicted molar refractivity (Wildman–Crippen MR) is 121 cm³/mol. The Morgan fingerprint density at radius 2 is 1.97 bits per heavy atom. The van der Waals surface area contributed by atoms with E-state index in [1.165, 1.54) is 7.11 Å². The van der Waals surface area contributed by atoms with Gasteiger partial charge in [-0.3, -0.25) is 9.48 Å². The summed E-state index contributed by atoms with van der Waals surface area (Å²) in [6, 6.07) is 10.7. The van der Waals surface area contributed by atoms with Gasteiger partial charge in [0, 0.05) is 28.0 Å². The highest BCUT2D eigenvalue weighted by Crippen LogP contribution is 2.31. The van der Waals surface area contributed by atoms with E-state index >= 15 is 0 Å². The summed E-state index contributed by atoms with van der Waals surface area (Å²) in [7, 11) is 3.27. The molecule has 0 fully saturated rings. The third-order valence-electron chi connectivity index (χ3n) is 4.82. The molecule has 0 saturated carbocycles. The molecule has 4 rings (SSSR count). The number of esters is 1. The minimum absolute atomic E-state index is 0.0925. The molecule has 2 aromatic carbocycles. The minimum Gasteiger partial charge on any atom is -0.480 e. The normalized spacial score (nSPS) is 11.0. The lowest BCUT2D eigenvalue weighted by atomic mass is 10.1. The Morgan fingerprint density at radius 3 is 2.71 bits per heavy atom. The van der Waals surface area contributed by atoms with Crippen LogP contribution in [0.4, 0.5) is 5.69 Å². The second kappa shape index (κ2) is 8.35. The summed E-state index contributed by atoms with van der Waals surface area (Å²) >= 11 is 3.45. The van der Waals surface area contributed by atoms with Crippen molar-refractivity contribution in [2.24, 2.45) is 7.05 Å². The van der Waals surface area contributed by atoms with Gasteiger partial charge in [-0.05, 0) is 53.2 Å². The van der Waals surface area contributed by atoms with E-state index in [1.54, 1.807) is 36.0 Å². The number of methoxy groups -OCH3 is 1. The summed E-state index contributed by atoms with van der Waals surface area (Å²) in [5.74, 6) is -0.790. The number of halogens is 1. The molecule has 0 spiro atoms. The van der Waals surface area contributed by atoms with Gasteiger partial charge < -0.3 is 14.8 Å². The Bertz CT molecular complexity index is 1330.